The Hall–Kier alpha value is 0. The molecule has 0 aromatic heterocycles. The molecule has 13 atom stereocenters. The monoisotopic (exact) mass is 739 g/mol. The topological polar surface area (TPSA) is 0 Å². The average molecular weight is 739 g/mol. The minimum atomic E-state index is 0.181. The summed E-state index contributed by atoms with van der Waals surface area (Å²) < 4.78 is 0. The van der Waals surface area contributed by atoms with Crippen molar-refractivity contribution in [3.8, 4) is 0 Å². The molecule has 3 rings (SSSR count). The molecule has 13 unspecified atom stereocenters. The summed E-state index contributed by atoms with van der Waals surface area (Å²) >= 11 is 0. The van der Waals surface area contributed by atoms with E-state index in [9.17, 15) is 0 Å². The molecule has 0 N–H and O–H groups in total. The van der Waals surface area contributed by atoms with Crippen LogP contribution in [0.25, 0.3) is 0 Å². The van der Waals surface area contributed by atoms with Crippen molar-refractivity contribution in [1.82, 2.24) is 0 Å². The highest BCUT2D eigenvalue weighted by molar-refractivity contribution is 5.22. The summed E-state index contributed by atoms with van der Waals surface area (Å²) in [6.07, 6.45) is 16.2. The van der Waals surface area contributed by atoms with Crippen molar-refractivity contribution < 1.29 is 0 Å². The van der Waals surface area contributed by atoms with E-state index in [1.807, 2.05) is 0 Å². The second-order valence-corrected chi connectivity index (χ2v) is 25.6. The maximum atomic E-state index is 2.83. The minimum Gasteiger partial charge on any atom is -0.0651 e. The van der Waals surface area contributed by atoms with Crippen molar-refractivity contribution in [1.29, 1.82) is 0 Å². The molecule has 0 nitrogen and oxygen atoms in total. The third kappa shape index (κ3) is 7.69. The second kappa shape index (κ2) is 15.6. The molecule has 0 heterocycles. The van der Waals surface area contributed by atoms with Crippen LogP contribution in [0.15, 0.2) is 0 Å². The Morgan fingerprint density at radius 2 is 1.21 bits per heavy atom. The fraction of sp³-hybridized carbons (Fsp3) is 1.00. The van der Waals surface area contributed by atoms with E-state index in [0.29, 0.717) is 16.2 Å². The predicted octanol–water partition coefficient (Wildman–Crippen LogP) is 17.6. The first-order valence-corrected chi connectivity index (χ1v) is 23.9. The maximum Gasteiger partial charge on any atom is -0.0209 e. The van der Waals surface area contributed by atoms with E-state index in [2.05, 4.69) is 159 Å². The Morgan fingerprint density at radius 3 is 1.64 bits per heavy atom. The Morgan fingerprint density at radius 1 is 0.660 bits per heavy atom. The largest absolute Gasteiger partial charge is 0.0651 e. The first-order chi connectivity index (χ1) is 23.9. The number of fused-ring (bicyclic) bond motifs is 1. The van der Waals surface area contributed by atoms with Crippen molar-refractivity contribution in [2.45, 2.75) is 236 Å². The van der Waals surface area contributed by atoms with Crippen LogP contribution in [0.2, 0.25) is 0 Å². The highest BCUT2D eigenvalue weighted by atomic mass is 14.8. The highest BCUT2D eigenvalue weighted by Gasteiger charge is 2.74. The van der Waals surface area contributed by atoms with E-state index in [1.54, 1.807) is 0 Å². The summed E-state index contributed by atoms with van der Waals surface area (Å²) in [6.45, 7) is 61.2. The van der Waals surface area contributed by atoms with Gasteiger partial charge in [-0.3, -0.25) is 0 Å². The zero-order valence-electron chi connectivity index (χ0n) is 41.2. The molecule has 0 saturated heterocycles. The molecule has 3 fully saturated rings. The lowest BCUT2D eigenvalue weighted by Gasteiger charge is -2.79. The molecule has 0 radical (unpaired) electrons. The summed E-state index contributed by atoms with van der Waals surface area (Å²) in [6, 6.07) is 0. The van der Waals surface area contributed by atoms with E-state index < -0.39 is 0 Å². The molecule has 0 heteroatoms. The van der Waals surface area contributed by atoms with Crippen LogP contribution in [0.3, 0.4) is 0 Å². The van der Waals surface area contributed by atoms with Gasteiger partial charge in [0.1, 0.15) is 0 Å². The van der Waals surface area contributed by atoms with Gasteiger partial charge in [-0.05, 0) is 153 Å². The van der Waals surface area contributed by atoms with Gasteiger partial charge >= 0.3 is 0 Å². The van der Waals surface area contributed by atoms with Gasteiger partial charge in [0.15, 0.2) is 0 Å². The molecule has 0 aliphatic heterocycles. The summed E-state index contributed by atoms with van der Waals surface area (Å²) in [5, 5.41) is 0. The quantitative estimate of drug-likeness (QED) is 0.148. The van der Waals surface area contributed by atoms with Crippen LogP contribution in [-0.2, 0) is 0 Å². The average Bonchev–Trinajstić information content (AvgIpc) is 3.04. The standard InChI is InChI=1S/C53H102/c1-24-40(25-2)31-46(13,14)32-42(53(23)39(9)44-30-37(7)52(44,53)22)33-49(19,34-45(10,11)12)47(15,16)35-51(21)48(17,18)43(27-4)38(8)41(26-3)29-36(6)50(51,20)28-5/h36-44H,24-35H2,1-23H3. The van der Waals surface area contributed by atoms with Crippen LogP contribution in [0, 0.1) is 102 Å². The smallest absolute Gasteiger partial charge is 0.0209 e. The fourth-order valence-electron chi connectivity index (χ4n) is 16.6. The van der Waals surface area contributed by atoms with Gasteiger partial charge in [-0.2, -0.15) is 0 Å². The lowest BCUT2D eigenvalue weighted by molar-refractivity contribution is -0.315. The first-order valence-electron chi connectivity index (χ1n) is 23.9. The van der Waals surface area contributed by atoms with Crippen molar-refractivity contribution in [3.05, 3.63) is 0 Å². The van der Waals surface area contributed by atoms with Gasteiger partial charge in [-0.1, -0.05) is 185 Å². The fourth-order valence-corrected chi connectivity index (χ4v) is 16.6. The summed E-state index contributed by atoms with van der Waals surface area (Å²) in [7, 11) is 0. The third-order valence-corrected chi connectivity index (χ3v) is 21.2. The maximum absolute atomic E-state index is 2.83. The second-order valence-electron chi connectivity index (χ2n) is 25.6. The van der Waals surface area contributed by atoms with Gasteiger partial charge in [0, 0.05) is 0 Å². The molecular formula is C53H102. The van der Waals surface area contributed by atoms with Gasteiger partial charge in [-0.25, -0.2) is 0 Å². The van der Waals surface area contributed by atoms with Gasteiger partial charge in [0.2, 0.25) is 0 Å². The van der Waals surface area contributed by atoms with Gasteiger partial charge in [-0.15, -0.1) is 0 Å². The van der Waals surface area contributed by atoms with Gasteiger partial charge in [0.05, 0.1) is 0 Å². The van der Waals surface area contributed by atoms with Gasteiger partial charge in [0.25, 0.3) is 0 Å². The van der Waals surface area contributed by atoms with E-state index >= 15 is 0 Å². The molecule has 314 valence electrons. The Labute approximate surface area is 337 Å². The van der Waals surface area contributed by atoms with Crippen molar-refractivity contribution in [3.63, 3.8) is 0 Å². The molecule has 3 aliphatic rings. The number of hydrogen-bond donors (Lipinski definition) is 0. The molecule has 3 saturated carbocycles. The van der Waals surface area contributed by atoms with Crippen molar-refractivity contribution in [2.24, 2.45) is 102 Å². The van der Waals surface area contributed by atoms with Crippen LogP contribution in [0.5, 0.6) is 0 Å². The zero-order chi connectivity index (χ0) is 41.2. The summed E-state index contributed by atoms with van der Waals surface area (Å²) in [5.74, 6) is 7.24. The number of hydrogen-bond acceptors (Lipinski definition) is 0. The first kappa shape index (κ1) is 47.4. The summed E-state index contributed by atoms with van der Waals surface area (Å²) in [4.78, 5) is 0. The molecule has 0 bridgehead atoms. The molecule has 0 aromatic rings. The lowest BCUT2D eigenvalue weighted by atomic mass is 9.25. The predicted molar refractivity (Wildman–Crippen MR) is 239 cm³/mol. The normalized spacial score (nSPS) is 41.1. The van der Waals surface area contributed by atoms with E-state index in [4.69, 9.17) is 0 Å². The summed E-state index contributed by atoms with van der Waals surface area (Å²) in [5.41, 5.74) is 2.64. The van der Waals surface area contributed by atoms with Crippen molar-refractivity contribution >= 4 is 0 Å². The van der Waals surface area contributed by atoms with E-state index in [0.717, 1.165) is 53.3 Å². The van der Waals surface area contributed by atoms with E-state index in [-0.39, 0.29) is 32.5 Å². The number of rotatable bonds is 16. The van der Waals surface area contributed by atoms with E-state index in [1.165, 1.54) is 77.0 Å². The Kier molecular flexibility index (Phi) is 14.0. The Bertz CT molecular complexity index is 1190. The van der Waals surface area contributed by atoms with Crippen molar-refractivity contribution in [2.75, 3.05) is 0 Å². The molecule has 3 aliphatic carbocycles. The SMILES string of the molecule is CCC(CC)CC(C)(C)CC(CC(C)(CC(C)(C)C)C(C)(C)CC1(C)C(C)(C)C(CC)C(C)C(CC)CC(C)C1(C)CC)C1(C)C(C)C2CC(C)C21C. The van der Waals surface area contributed by atoms with Crippen LogP contribution < -0.4 is 0 Å². The molecule has 0 spiro atoms. The minimum absolute atomic E-state index is 0.181. The Balaban J connectivity index is 2.27. The zero-order valence-corrected chi connectivity index (χ0v) is 41.2. The lowest BCUT2D eigenvalue weighted by Crippen LogP contribution is -2.74. The van der Waals surface area contributed by atoms with Crippen LogP contribution in [0.1, 0.15) is 236 Å². The third-order valence-electron chi connectivity index (χ3n) is 21.2. The molecular weight excluding hydrogens is 637 g/mol. The van der Waals surface area contributed by atoms with Gasteiger partial charge < -0.3 is 0 Å². The molecule has 53 heavy (non-hydrogen) atoms. The van der Waals surface area contributed by atoms with Crippen LogP contribution in [-0.4, -0.2) is 0 Å². The molecule has 0 aromatic carbocycles. The molecule has 0 amide bonds. The highest BCUT2D eigenvalue weighted by Crippen LogP contribution is 2.80. The van der Waals surface area contributed by atoms with Crippen LogP contribution in [0.4, 0.5) is 0 Å². The van der Waals surface area contributed by atoms with Crippen LogP contribution >= 0.6 is 0 Å².